The zero-order valence-electron chi connectivity index (χ0n) is 66.4. The number of rotatable bonds is 24. The number of nitrogens with one attached hydrogen (secondary N) is 4. The lowest BCUT2D eigenvalue weighted by atomic mass is 10.0. The summed E-state index contributed by atoms with van der Waals surface area (Å²) < 4.78 is 95.8. The Morgan fingerprint density at radius 2 is 0.810 bits per heavy atom. The first-order chi connectivity index (χ1) is 55.0. The molecule has 0 aliphatic carbocycles. The highest BCUT2D eigenvalue weighted by Crippen LogP contribution is 2.38. The summed E-state index contributed by atoms with van der Waals surface area (Å²) in [6, 6.07) is 35.8. The Morgan fingerprint density at radius 1 is 0.491 bits per heavy atom. The number of aromatic amines is 1. The molecule has 37 heteroatoms. The minimum atomic E-state index is -3.79. The van der Waals surface area contributed by atoms with E-state index in [1.807, 2.05) is 130 Å². The highest BCUT2D eigenvalue weighted by Gasteiger charge is 2.41. The van der Waals surface area contributed by atoms with Crippen LogP contribution < -0.4 is 59.6 Å². The minimum absolute atomic E-state index is 0.00304. The van der Waals surface area contributed by atoms with Gasteiger partial charge in [0.1, 0.15) is 40.2 Å². The van der Waals surface area contributed by atoms with Crippen molar-refractivity contribution in [1.82, 2.24) is 55.3 Å². The van der Waals surface area contributed by atoms with Gasteiger partial charge in [0.2, 0.25) is 0 Å². The van der Waals surface area contributed by atoms with Gasteiger partial charge in [0.05, 0.1) is 74.3 Å². The summed E-state index contributed by atoms with van der Waals surface area (Å²) in [7, 11) is 4.55. The van der Waals surface area contributed by atoms with E-state index in [0.29, 0.717) is 56.8 Å². The molecule has 13 rings (SSSR count). The summed E-state index contributed by atoms with van der Waals surface area (Å²) in [4.78, 5) is 99.0. The Balaban J connectivity index is 0.000000171. The largest absolute Gasteiger partial charge is 0.497 e. The van der Waals surface area contributed by atoms with Gasteiger partial charge in [-0.1, -0.05) is 0 Å². The van der Waals surface area contributed by atoms with Crippen molar-refractivity contribution in [3.05, 3.63) is 196 Å². The standard InChI is InChI=1S/C27H29N7O5S.2C26H31N5O6S/c1-32(2)17-5-7-18(8-6-17)33-14-11-20-24(27(33)36)34(31-26(20)40(4,37)38)22-10-9-19(39-3)15-21(22)25(35)30-16-23-28-12-13-29-23;1-16(15-32)27-24(33)21-14-19(37-4)10-11-22(21)31-23-20(25(28-31)38(5,35)36)12-13-30(26(23)34)18-8-6-17(7-9-18)29(2)3;1-16(32)15-27-24(33)21-14-19(37-4)10-11-22(21)31-23-20(25(28-31)38(5,35)36)12-13-30(26(23)34)18-8-6-17(7-9-18)29(2)3/h5-10,12-13,15H,11,14,16H2,1-4H3,(H,28,29)(H,30,35);2*6-11,14,16,32H,12-13,15H2,1-5H3,(H,27,33). The summed E-state index contributed by atoms with van der Waals surface area (Å²) in [6.07, 6.45) is 6.38. The lowest BCUT2D eigenvalue weighted by molar-refractivity contribution is 0.0915. The number of sulfone groups is 3. The van der Waals surface area contributed by atoms with Crippen LogP contribution in [0.5, 0.6) is 17.2 Å². The van der Waals surface area contributed by atoms with Crippen LogP contribution in [0.2, 0.25) is 0 Å². The van der Waals surface area contributed by atoms with E-state index in [0.717, 1.165) is 35.8 Å². The van der Waals surface area contributed by atoms with Crippen LogP contribution in [-0.4, -0.2) is 238 Å². The van der Waals surface area contributed by atoms with E-state index in [-0.39, 0.29) is 125 Å². The molecule has 0 spiro atoms. The molecule has 6 N–H and O–H groups in total. The second-order valence-corrected chi connectivity index (χ2v) is 34.1. The maximum absolute atomic E-state index is 14.0. The van der Waals surface area contributed by atoms with Crippen LogP contribution >= 0.6 is 0 Å². The normalized spacial score (nSPS) is 13.8. The molecule has 6 amide bonds. The van der Waals surface area contributed by atoms with Crippen molar-refractivity contribution in [1.29, 1.82) is 0 Å². The Bertz CT molecular complexity index is 5750. The van der Waals surface area contributed by atoms with Gasteiger partial charge in [0, 0.05) is 156 Å². The molecule has 0 saturated heterocycles. The van der Waals surface area contributed by atoms with Gasteiger partial charge in [0.25, 0.3) is 35.4 Å². The Hall–Kier alpha value is -12.5. The van der Waals surface area contributed by atoms with Crippen molar-refractivity contribution in [3.63, 3.8) is 0 Å². The van der Waals surface area contributed by atoms with Crippen molar-refractivity contribution < 1.29 is 78.4 Å². The predicted molar refractivity (Wildman–Crippen MR) is 436 cm³/mol. The molecule has 10 aromatic rings. The summed E-state index contributed by atoms with van der Waals surface area (Å²) >= 11 is 0. The number of nitrogens with zero attached hydrogens (tertiary/aromatic N) is 13. The number of fused-ring (bicyclic) bond motifs is 3. The van der Waals surface area contributed by atoms with E-state index in [9.17, 15) is 64.2 Å². The summed E-state index contributed by atoms with van der Waals surface area (Å²) in [5.41, 5.74) is 7.08. The number of imidazole rings is 1. The zero-order chi connectivity index (χ0) is 84.2. The number of aliphatic hydroxyl groups is 2. The molecule has 3 aliphatic rings. The molecule has 3 aliphatic heterocycles. The fourth-order valence-corrected chi connectivity index (χ4v) is 15.9. The van der Waals surface area contributed by atoms with Crippen molar-refractivity contribution in [3.8, 4) is 34.3 Å². The molecule has 6 aromatic carbocycles. The summed E-state index contributed by atoms with van der Waals surface area (Å²) in [5, 5.41) is 39.7. The molecule has 7 heterocycles. The molecule has 34 nitrogen and oxygen atoms in total. The number of ether oxygens (including phenoxy) is 3. The third-order valence-corrected chi connectivity index (χ3v) is 22.3. The highest BCUT2D eigenvalue weighted by molar-refractivity contribution is 7.91. The second kappa shape index (κ2) is 34.7. The number of benzene rings is 6. The number of carbonyl (C=O) groups excluding carboxylic acids is 6. The molecule has 2 unspecified atom stereocenters. The first-order valence-electron chi connectivity index (χ1n) is 36.4. The first kappa shape index (κ1) is 84.5. The van der Waals surface area contributed by atoms with Crippen molar-refractivity contribution in [2.75, 3.05) is 145 Å². The summed E-state index contributed by atoms with van der Waals surface area (Å²) in [5.74, 6) is -1.11. The van der Waals surface area contributed by atoms with E-state index >= 15 is 0 Å². The molecule has 0 saturated carbocycles. The average molecular weight is 1650 g/mol. The third-order valence-electron chi connectivity index (χ3n) is 19.2. The molecular weight excluding hydrogens is 1560 g/mol. The van der Waals surface area contributed by atoms with Crippen molar-refractivity contribution >= 4 is 99.1 Å². The molecule has 116 heavy (non-hydrogen) atoms. The van der Waals surface area contributed by atoms with Crippen LogP contribution in [-0.2, 0) is 55.3 Å². The van der Waals surface area contributed by atoms with Crippen LogP contribution in [0, 0.1) is 0 Å². The Morgan fingerprint density at radius 3 is 1.09 bits per heavy atom. The number of anilines is 6. The van der Waals surface area contributed by atoms with E-state index < -0.39 is 77.1 Å². The molecule has 2 atom stereocenters. The number of hydrogen-bond acceptors (Lipinski definition) is 24. The Labute approximate surface area is 670 Å². The molecule has 612 valence electrons. The Kier molecular flexibility index (Phi) is 25.3. The van der Waals surface area contributed by atoms with Crippen LogP contribution in [0.3, 0.4) is 0 Å². The van der Waals surface area contributed by atoms with E-state index in [1.54, 1.807) is 70.4 Å². The van der Waals surface area contributed by atoms with Crippen LogP contribution in [0.1, 0.15) is 98.9 Å². The number of amides is 6. The number of carbonyl (C=O) groups is 6. The molecular formula is C79H91N17O17S3. The summed E-state index contributed by atoms with van der Waals surface area (Å²) in [6.45, 7) is 3.84. The van der Waals surface area contributed by atoms with E-state index in [4.69, 9.17) is 14.2 Å². The maximum Gasteiger partial charge on any atom is 0.277 e. The maximum atomic E-state index is 14.0. The van der Waals surface area contributed by atoms with E-state index in [1.165, 1.54) is 60.5 Å². The van der Waals surface area contributed by atoms with Crippen LogP contribution in [0.4, 0.5) is 34.1 Å². The molecule has 0 bridgehead atoms. The topological polar surface area (TPSA) is 411 Å². The van der Waals surface area contributed by atoms with Gasteiger partial charge in [-0.15, -0.1) is 0 Å². The SMILES string of the molecule is COc1ccc(-n2nc(S(C)(=O)=O)c3c2C(=O)N(c2ccc(N(C)C)cc2)CC3)c(C(=O)NC(C)CO)c1.COc1ccc(-n2nc(S(C)(=O)=O)c3c2C(=O)N(c2ccc(N(C)C)cc2)CC3)c(C(=O)NCC(C)O)c1.COc1ccc(-n2nc(S(C)(=O)=O)c3c2C(=O)N(c2ccc(N(C)C)cc2)CC3)c(C(=O)NCc2ncc[nH]2)c1. The van der Waals surface area contributed by atoms with Crippen molar-refractivity contribution in [2.24, 2.45) is 0 Å². The quantitative estimate of drug-likeness (QED) is 0.0433. The number of methoxy groups -OCH3 is 3. The van der Waals surface area contributed by atoms with Crippen molar-refractivity contribution in [2.45, 2.75) is 66.9 Å². The van der Waals surface area contributed by atoms with Gasteiger partial charge in [-0.25, -0.2) is 44.3 Å². The monoisotopic (exact) mass is 1650 g/mol. The zero-order valence-corrected chi connectivity index (χ0v) is 68.8. The fraction of sp³-hybridized carbons (Fsp3) is 0.316. The minimum Gasteiger partial charge on any atom is -0.497 e. The van der Waals surface area contributed by atoms with Crippen LogP contribution in [0.25, 0.3) is 17.1 Å². The van der Waals surface area contributed by atoms with E-state index in [2.05, 4.69) is 41.2 Å². The van der Waals surface area contributed by atoms with Crippen LogP contribution in [0.15, 0.2) is 155 Å². The predicted octanol–water partition coefficient (Wildman–Crippen LogP) is 5.53. The first-order valence-corrected chi connectivity index (χ1v) is 42.1. The number of H-pyrrole nitrogens is 1. The van der Waals surface area contributed by atoms with Gasteiger partial charge in [-0.2, -0.15) is 15.3 Å². The number of hydrogen-bond donors (Lipinski definition) is 6. The third kappa shape index (κ3) is 18.0. The lowest BCUT2D eigenvalue weighted by Gasteiger charge is -2.28. The van der Waals surface area contributed by atoms with Gasteiger partial charge in [0.15, 0.2) is 44.6 Å². The van der Waals surface area contributed by atoms with Gasteiger partial charge in [-0.3, -0.25) is 28.8 Å². The van der Waals surface area contributed by atoms with Gasteiger partial charge in [-0.05, 0) is 161 Å². The molecule has 0 radical (unpaired) electrons. The molecule has 0 fully saturated rings. The molecule has 4 aromatic heterocycles. The number of aliphatic hydroxyl groups excluding tert-OH is 2. The average Bonchev–Trinajstić information content (AvgIpc) is 1.59. The smallest absolute Gasteiger partial charge is 0.277 e. The highest BCUT2D eigenvalue weighted by atomic mass is 32.2. The fourth-order valence-electron chi connectivity index (χ4n) is 13.3. The number of aromatic nitrogens is 8. The van der Waals surface area contributed by atoms with Gasteiger partial charge >= 0.3 is 0 Å². The van der Waals surface area contributed by atoms with Gasteiger partial charge < -0.3 is 74.8 Å². The lowest BCUT2D eigenvalue weighted by Crippen LogP contribution is -2.39. The second-order valence-electron chi connectivity index (χ2n) is 28.3.